The standard InChI is InChI=1S/C24H46O11/c1-2-3-4-5-6-7-8-9-10-11-12-32-23-21(31)19(29)22(16(14-26)34-23)35-24-20(30)18(28)17(27)15(13-25)33-24/h15-31H,2-14H2,1H3/t15-,16-,17+,18+,19-,20-,21-,22-,23-,24-/m1/s1. The first-order valence-corrected chi connectivity index (χ1v) is 13.1. The topological polar surface area (TPSA) is 179 Å². The number of rotatable bonds is 16. The molecule has 0 radical (unpaired) electrons. The Labute approximate surface area is 207 Å². The molecular formula is C24H46O11. The lowest BCUT2D eigenvalue weighted by Gasteiger charge is -2.45. The summed E-state index contributed by atoms with van der Waals surface area (Å²) in [6.07, 6.45) is -2.63. The molecule has 7 N–H and O–H groups in total. The molecule has 2 aliphatic heterocycles. The highest BCUT2D eigenvalue weighted by molar-refractivity contribution is 4.94. The van der Waals surface area contributed by atoms with Crippen molar-refractivity contribution in [3.63, 3.8) is 0 Å². The van der Waals surface area contributed by atoms with Crippen molar-refractivity contribution in [1.29, 1.82) is 0 Å². The zero-order chi connectivity index (χ0) is 25.8. The Kier molecular flexibility index (Phi) is 14.4. The quantitative estimate of drug-likeness (QED) is 0.134. The van der Waals surface area contributed by atoms with Crippen LogP contribution in [0.2, 0.25) is 0 Å². The van der Waals surface area contributed by atoms with Gasteiger partial charge < -0.3 is 54.7 Å². The van der Waals surface area contributed by atoms with E-state index in [1.807, 2.05) is 0 Å². The Balaban J connectivity index is 1.74. The predicted molar refractivity (Wildman–Crippen MR) is 124 cm³/mol. The minimum atomic E-state index is -1.69. The van der Waals surface area contributed by atoms with Gasteiger partial charge in [-0.3, -0.25) is 0 Å². The van der Waals surface area contributed by atoms with Crippen LogP contribution in [0.4, 0.5) is 0 Å². The van der Waals surface area contributed by atoms with Crippen molar-refractivity contribution in [2.45, 2.75) is 133 Å². The van der Waals surface area contributed by atoms with Gasteiger partial charge in [0.1, 0.15) is 48.8 Å². The second-order valence-corrected chi connectivity index (χ2v) is 9.56. The summed E-state index contributed by atoms with van der Waals surface area (Å²) in [7, 11) is 0. The smallest absolute Gasteiger partial charge is 0.187 e. The molecule has 0 unspecified atom stereocenters. The molecule has 0 saturated carbocycles. The Bertz CT molecular complexity index is 550. The number of hydrogen-bond acceptors (Lipinski definition) is 11. The van der Waals surface area contributed by atoms with Crippen LogP contribution in [-0.4, -0.2) is 117 Å². The molecule has 0 bridgehead atoms. The second-order valence-electron chi connectivity index (χ2n) is 9.56. The van der Waals surface area contributed by atoms with Gasteiger partial charge in [0.25, 0.3) is 0 Å². The number of aliphatic hydroxyl groups is 7. The van der Waals surface area contributed by atoms with Crippen LogP contribution in [0.5, 0.6) is 0 Å². The molecule has 10 atom stereocenters. The Morgan fingerprint density at radius 2 is 1.09 bits per heavy atom. The molecule has 11 nitrogen and oxygen atoms in total. The van der Waals surface area contributed by atoms with Gasteiger partial charge in [-0.1, -0.05) is 64.7 Å². The number of hydrogen-bond donors (Lipinski definition) is 7. The molecule has 0 aliphatic carbocycles. The summed E-state index contributed by atoms with van der Waals surface area (Å²) >= 11 is 0. The first-order chi connectivity index (χ1) is 16.8. The first kappa shape index (κ1) is 30.8. The van der Waals surface area contributed by atoms with Crippen molar-refractivity contribution >= 4 is 0 Å². The minimum Gasteiger partial charge on any atom is -0.394 e. The molecule has 0 aromatic carbocycles. The number of aliphatic hydroxyl groups excluding tert-OH is 7. The second kappa shape index (κ2) is 16.4. The van der Waals surface area contributed by atoms with Crippen LogP contribution in [0.15, 0.2) is 0 Å². The van der Waals surface area contributed by atoms with E-state index < -0.39 is 74.6 Å². The average molecular weight is 511 g/mol. The van der Waals surface area contributed by atoms with Gasteiger partial charge >= 0.3 is 0 Å². The molecule has 0 amide bonds. The van der Waals surface area contributed by atoms with Crippen LogP contribution in [0.3, 0.4) is 0 Å². The summed E-state index contributed by atoms with van der Waals surface area (Å²) in [5.74, 6) is 0. The van der Waals surface area contributed by atoms with Crippen LogP contribution in [0.25, 0.3) is 0 Å². The van der Waals surface area contributed by atoms with E-state index in [0.717, 1.165) is 19.3 Å². The number of unbranched alkanes of at least 4 members (excludes halogenated alkanes) is 9. The fourth-order valence-electron chi connectivity index (χ4n) is 4.48. The van der Waals surface area contributed by atoms with Gasteiger partial charge in [0.2, 0.25) is 0 Å². The van der Waals surface area contributed by atoms with E-state index in [0.29, 0.717) is 6.61 Å². The van der Waals surface area contributed by atoms with E-state index in [1.54, 1.807) is 0 Å². The van der Waals surface area contributed by atoms with E-state index in [4.69, 9.17) is 18.9 Å². The summed E-state index contributed by atoms with van der Waals surface area (Å²) in [5, 5.41) is 70.1. The molecule has 0 aromatic rings. The van der Waals surface area contributed by atoms with Crippen LogP contribution in [0, 0.1) is 0 Å². The SMILES string of the molecule is CCCCCCCCCCCCO[C@@H]1O[C@H](CO)[C@@H](O[C@H]2O[C@H](CO)[C@H](O)[C@H](O)[C@H]2O)[C@H](O)[C@H]1O. The van der Waals surface area contributed by atoms with Crippen LogP contribution in [-0.2, 0) is 18.9 Å². The molecule has 35 heavy (non-hydrogen) atoms. The summed E-state index contributed by atoms with van der Waals surface area (Å²) in [6.45, 7) is 1.31. The Morgan fingerprint density at radius 3 is 1.66 bits per heavy atom. The van der Waals surface area contributed by atoms with Crippen molar-refractivity contribution < 1.29 is 54.7 Å². The lowest BCUT2D eigenvalue weighted by Crippen LogP contribution is -2.64. The molecule has 2 rings (SSSR count). The van der Waals surface area contributed by atoms with Crippen LogP contribution >= 0.6 is 0 Å². The predicted octanol–water partition coefficient (Wildman–Crippen LogP) is -0.452. The number of ether oxygens (including phenoxy) is 4. The average Bonchev–Trinajstić information content (AvgIpc) is 2.86. The Morgan fingerprint density at radius 1 is 0.571 bits per heavy atom. The highest BCUT2D eigenvalue weighted by Crippen LogP contribution is 2.29. The molecule has 0 aromatic heterocycles. The van der Waals surface area contributed by atoms with Crippen molar-refractivity contribution in [2.24, 2.45) is 0 Å². The Hall–Kier alpha value is -0.440. The molecule has 0 spiro atoms. The maximum Gasteiger partial charge on any atom is 0.187 e. The van der Waals surface area contributed by atoms with Crippen LogP contribution < -0.4 is 0 Å². The molecule has 11 heteroatoms. The van der Waals surface area contributed by atoms with Crippen molar-refractivity contribution in [2.75, 3.05) is 19.8 Å². The molecule has 208 valence electrons. The highest BCUT2D eigenvalue weighted by Gasteiger charge is 2.50. The van der Waals surface area contributed by atoms with Gasteiger partial charge in [0, 0.05) is 6.61 Å². The maximum atomic E-state index is 10.6. The van der Waals surface area contributed by atoms with E-state index in [9.17, 15) is 35.7 Å². The van der Waals surface area contributed by atoms with E-state index in [-0.39, 0.29) is 0 Å². The van der Waals surface area contributed by atoms with Gasteiger partial charge in [0.05, 0.1) is 13.2 Å². The lowest BCUT2D eigenvalue weighted by molar-refractivity contribution is -0.359. The fourth-order valence-corrected chi connectivity index (χ4v) is 4.48. The summed E-state index contributed by atoms with van der Waals surface area (Å²) < 4.78 is 22.0. The normalized spacial score (nSPS) is 38.1. The van der Waals surface area contributed by atoms with E-state index in [2.05, 4.69) is 6.92 Å². The summed E-state index contributed by atoms with van der Waals surface area (Å²) in [4.78, 5) is 0. The zero-order valence-corrected chi connectivity index (χ0v) is 20.7. The molecule has 2 fully saturated rings. The molecular weight excluding hydrogens is 464 g/mol. The summed E-state index contributed by atoms with van der Waals surface area (Å²) in [6, 6.07) is 0. The van der Waals surface area contributed by atoms with E-state index >= 15 is 0 Å². The fraction of sp³-hybridized carbons (Fsp3) is 1.00. The third-order valence-electron chi connectivity index (χ3n) is 6.74. The van der Waals surface area contributed by atoms with Gasteiger partial charge in [-0.25, -0.2) is 0 Å². The third-order valence-corrected chi connectivity index (χ3v) is 6.74. The largest absolute Gasteiger partial charge is 0.394 e. The van der Waals surface area contributed by atoms with Gasteiger partial charge in [0.15, 0.2) is 12.6 Å². The highest BCUT2D eigenvalue weighted by atomic mass is 16.7. The molecule has 2 saturated heterocycles. The first-order valence-electron chi connectivity index (χ1n) is 13.1. The monoisotopic (exact) mass is 510 g/mol. The molecule has 2 aliphatic rings. The van der Waals surface area contributed by atoms with E-state index in [1.165, 1.54) is 44.9 Å². The van der Waals surface area contributed by atoms with Gasteiger partial charge in [-0.05, 0) is 6.42 Å². The third kappa shape index (κ3) is 9.11. The molecule has 2 heterocycles. The van der Waals surface area contributed by atoms with Gasteiger partial charge in [-0.2, -0.15) is 0 Å². The minimum absolute atomic E-state index is 0.321. The summed E-state index contributed by atoms with van der Waals surface area (Å²) in [5.41, 5.74) is 0. The maximum absolute atomic E-state index is 10.6. The van der Waals surface area contributed by atoms with Crippen molar-refractivity contribution in [3.8, 4) is 0 Å². The lowest BCUT2D eigenvalue weighted by atomic mass is 9.97. The van der Waals surface area contributed by atoms with Crippen molar-refractivity contribution in [1.82, 2.24) is 0 Å². The van der Waals surface area contributed by atoms with Crippen molar-refractivity contribution in [3.05, 3.63) is 0 Å². The van der Waals surface area contributed by atoms with Crippen LogP contribution in [0.1, 0.15) is 71.1 Å². The van der Waals surface area contributed by atoms with Gasteiger partial charge in [-0.15, -0.1) is 0 Å². The zero-order valence-electron chi connectivity index (χ0n) is 20.7.